The number of para-hydroxylation sites is 2. The highest BCUT2D eigenvalue weighted by Crippen LogP contribution is 2.46. The van der Waals surface area contributed by atoms with Gasteiger partial charge < -0.3 is 0 Å². The van der Waals surface area contributed by atoms with E-state index in [2.05, 4.69) is 187 Å². The minimum absolute atomic E-state index is 0.877. The number of fused-ring (bicyclic) bond motifs is 3. The molecular weight excluding hydrogens is 593 g/mol. The topological polar surface area (TPSA) is 17.8 Å². The molecule has 2 heteroatoms. The average Bonchev–Trinajstić information content (AvgIpc) is 3.56. The summed E-state index contributed by atoms with van der Waals surface area (Å²) >= 11 is 0. The zero-order chi connectivity index (χ0) is 32.7. The first-order chi connectivity index (χ1) is 24.3. The number of hydrogen-bond donors (Lipinski definition) is 0. The van der Waals surface area contributed by atoms with Gasteiger partial charge in [-0.1, -0.05) is 159 Å². The molecule has 0 aliphatic carbocycles. The third-order valence-corrected chi connectivity index (χ3v) is 9.79. The van der Waals surface area contributed by atoms with E-state index in [1.807, 2.05) is 0 Å². The monoisotopic (exact) mass is 626 g/mol. The van der Waals surface area contributed by atoms with Crippen molar-refractivity contribution in [3.8, 4) is 50.2 Å². The Hall–Kier alpha value is -6.25. The van der Waals surface area contributed by atoms with Crippen LogP contribution in [0.15, 0.2) is 176 Å². The van der Waals surface area contributed by atoms with E-state index in [-0.39, 0.29) is 0 Å². The summed E-state index contributed by atoms with van der Waals surface area (Å²) in [7, 11) is 0. The molecule has 0 saturated heterocycles. The van der Waals surface area contributed by atoms with E-state index in [0.29, 0.717) is 0 Å². The number of imidazole rings is 1. The third kappa shape index (κ3) is 4.92. The molecule has 0 N–H and O–H groups in total. The Kier molecular flexibility index (Phi) is 7.13. The molecule has 9 aromatic rings. The molecule has 0 saturated carbocycles. The molecule has 0 bridgehead atoms. The number of benzene rings is 8. The second-order valence-corrected chi connectivity index (χ2v) is 12.6. The van der Waals surface area contributed by atoms with Crippen LogP contribution in [0.25, 0.3) is 82.8 Å². The molecule has 0 radical (unpaired) electrons. The number of aryl methyl sites for hydroxylation is 1. The van der Waals surface area contributed by atoms with Crippen molar-refractivity contribution in [1.29, 1.82) is 0 Å². The highest BCUT2D eigenvalue weighted by Gasteiger charge is 2.19. The standard InChI is InChI=1S/C47H34N2/c1-2-45-48-43-22-12-13-23-44(43)49(45)36-30-28-33(29-31-36)32-24-26-35(27-25-32)46-39-18-8-10-20-41(39)47(42-21-11-9-19-40(42)46)38-17-7-6-16-37(38)34-14-4-3-5-15-34/h3-31H,2H2,1H3. The molecule has 8 aromatic carbocycles. The van der Waals surface area contributed by atoms with Gasteiger partial charge in [0.15, 0.2) is 0 Å². The molecule has 0 unspecified atom stereocenters. The predicted molar refractivity (Wildman–Crippen MR) is 207 cm³/mol. The second-order valence-electron chi connectivity index (χ2n) is 12.6. The zero-order valence-electron chi connectivity index (χ0n) is 27.3. The van der Waals surface area contributed by atoms with Gasteiger partial charge >= 0.3 is 0 Å². The van der Waals surface area contributed by atoms with Crippen LogP contribution < -0.4 is 0 Å². The molecule has 0 aliphatic heterocycles. The first kappa shape index (κ1) is 28.9. The fraction of sp³-hybridized carbons (Fsp3) is 0.0426. The summed E-state index contributed by atoms with van der Waals surface area (Å²) in [4.78, 5) is 4.87. The van der Waals surface area contributed by atoms with Crippen molar-refractivity contribution in [2.75, 3.05) is 0 Å². The molecule has 9 rings (SSSR count). The van der Waals surface area contributed by atoms with Crippen LogP contribution in [0.1, 0.15) is 12.7 Å². The zero-order valence-corrected chi connectivity index (χ0v) is 27.3. The summed E-state index contributed by atoms with van der Waals surface area (Å²) in [6.07, 6.45) is 0.877. The second kappa shape index (κ2) is 12.1. The van der Waals surface area contributed by atoms with Crippen molar-refractivity contribution < 1.29 is 0 Å². The molecule has 49 heavy (non-hydrogen) atoms. The normalized spacial score (nSPS) is 11.4. The average molecular weight is 627 g/mol. The van der Waals surface area contributed by atoms with Crippen LogP contribution in [0.5, 0.6) is 0 Å². The van der Waals surface area contributed by atoms with E-state index in [4.69, 9.17) is 4.98 Å². The Bertz CT molecular complexity index is 2550. The minimum Gasteiger partial charge on any atom is -0.296 e. The molecular formula is C47H34N2. The third-order valence-electron chi connectivity index (χ3n) is 9.79. The van der Waals surface area contributed by atoms with Gasteiger partial charge in [-0.2, -0.15) is 0 Å². The summed E-state index contributed by atoms with van der Waals surface area (Å²) in [6.45, 7) is 2.16. The van der Waals surface area contributed by atoms with E-state index in [1.54, 1.807) is 0 Å². The lowest BCUT2D eigenvalue weighted by Crippen LogP contribution is -1.99. The maximum absolute atomic E-state index is 4.87. The van der Waals surface area contributed by atoms with Crippen LogP contribution in [0.3, 0.4) is 0 Å². The smallest absolute Gasteiger partial charge is 0.114 e. The first-order valence-corrected chi connectivity index (χ1v) is 17.0. The van der Waals surface area contributed by atoms with Gasteiger partial charge in [-0.25, -0.2) is 4.98 Å². The highest BCUT2D eigenvalue weighted by molar-refractivity contribution is 6.22. The molecule has 0 aliphatic rings. The van der Waals surface area contributed by atoms with Gasteiger partial charge in [0, 0.05) is 12.1 Å². The number of nitrogens with zero attached hydrogens (tertiary/aromatic N) is 2. The Labute approximate surface area is 286 Å². The summed E-state index contributed by atoms with van der Waals surface area (Å²) in [6, 6.07) is 63.7. The van der Waals surface area contributed by atoms with Crippen molar-refractivity contribution >= 4 is 32.6 Å². The Balaban J connectivity index is 1.15. The van der Waals surface area contributed by atoms with E-state index in [0.717, 1.165) is 29.0 Å². The van der Waals surface area contributed by atoms with Crippen molar-refractivity contribution in [2.45, 2.75) is 13.3 Å². The van der Waals surface area contributed by atoms with E-state index in [1.165, 1.54) is 66.1 Å². The Morgan fingerprint density at radius 1 is 0.408 bits per heavy atom. The molecule has 0 amide bonds. The van der Waals surface area contributed by atoms with E-state index in [9.17, 15) is 0 Å². The predicted octanol–water partition coefficient (Wildman–Crippen LogP) is 12.6. The van der Waals surface area contributed by atoms with Crippen LogP contribution in [0.4, 0.5) is 0 Å². The van der Waals surface area contributed by atoms with Crippen molar-refractivity contribution in [3.05, 3.63) is 182 Å². The molecule has 0 spiro atoms. The van der Waals surface area contributed by atoms with Crippen molar-refractivity contribution in [3.63, 3.8) is 0 Å². The lowest BCUT2D eigenvalue weighted by Gasteiger charge is -2.19. The van der Waals surface area contributed by atoms with Gasteiger partial charge in [-0.15, -0.1) is 0 Å². The van der Waals surface area contributed by atoms with Gasteiger partial charge in [-0.3, -0.25) is 4.57 Å². The lowest BCUT2D eigenvalue weighted by atomic mass is 9.83. The Morgan fingerprint density at radius 2 is 0.898 bits per heavy atom. The summed E-state index contributed by atoms with van der Waals surface area (Å²) in [5.41, 5.74) is 13.2. The van der Waals surface area contributed by atoms with Gasteiger partial charge in [0.2, 0.25) is 0 Å². The van der Waals surface area contributed by atoms with Gasteiger partial charge in [0.1, 0.15) is 5.82 Å². The van der Waals surface area contributed by atoms with Crippen LogP contribution in [0, 0.1) is 0 Å². The molecule has 1 heterocycles. The minimum atomic E-state index is 0.877. The highest BCUT2D eigenvalue weighted by atomic mass is 15.1. The number of hydrogen-bond acceptors (Lipinski definition) is 1. The van der Waals surface area contributed by atoms with Crippen molar-refractivity contribution in [2.24, 2.45) is 0 Å². The molecule has 1 aromatic heterocycles. The maximum Gasteiger partial charge on any atom is 0.114 e. The SMILES string of the molecule is CCc1nc2ccccc2n1-c1ccc(-c2ccc(-c3c4ccccc4c(-c4ccccc4-c4ccccc4)c4ccccc34)cc2)cc1. The first-order valence-electron chi connectivity index (χ1n) is 17.0. The van der Waals surface area contributed by atoms with Crippen LogP contribution >= 0.6 is 0 Å². The van der Waals surface area contributed by atoms with Crippen LogP contribution in [0.2, 0.25) is 0 Å². The number of rotatable bonds is 6. The summed E-state index contributed by atoms with van der Waals surface area (Å²) in [5.74, 6) is 1.08. The molecule has 2 nitrogen and oxygen atoms in total. The fourth-order valence-corrected chi connectivity index (χ4v) is 7.53. The van der Waals surface area contributed by atoms with Crippen LogP contribution in [-0.2, 0) is 6.42 Å². The maximum atomic E-state index is 4.87. The number of aromatic nitrogens is 2. The summed E-state index contributed by atoms with van der Waals surface area (Å²) < 4.78 is 2.28. The van der Waals surface area contributed by atoms with E-state index < -0.39 is 0 Å². The van der Waals surface area contributed by atoms with Gasteiger partial charge in [0.05, 0.1) is 11.0 Å². The molecule has 0 atom stereocenters. The lowest BCUT2D eigenvalue weighted by molar-refractivity contribution is 0.908. The van der Waals surface area contributed by atoms with Crippen LogP contribution in [-0.4, -0.2) is 9.55 Å². The molecule has 232 valence electrons. The largest absolute Gasteiger partial charge is 0.296 e. The van der Waals surface area contributed by atoms with Gasteiger partial charge in [0.25, 0.3) is 0 Å². The summed E-state index contributed by atoms with van der Waals surface area (Å²) in [5, 5.41) is 5.04. The fourth-order valence-electron chi connectivity index (χ4n) is 7.53. The molecule has 0 fully saturated rings. The van der Waals surface area contributed by atoms with Crippen molar-refractivity contribution in [1.82, 2.24) is 9.55 Å². The Morgan fingerprint density at radius 3 is 1.53 bits per heavy atom. The van der Waals surface area contributed by atoms with E-state index >= 15 is 0 Å². The quantitative estimate of drug-likeness (QED) is 0.168. The van der Waals surface area contributed by atoms with Gasteiger partial charge in [-0.05, 0) is 90.3 Å².